The number of carboxylic acid groups (broad SMARTS) is 1. The van der Waals surface area contributed by atoms with Crippen LogP contribution in [0, 0.1) is 5.92 Å². The van der Waals surface area contributed by atoms with Crippen molar-refractivity contribution in [3.05, 3.63) is 0 Å². The molecule has 3 heteroatoms. The van der Waals surface area contributed by atoms with Gasteiger partial charge in [0.05, 0.1) is 0 Å². The molecule has 14 heavy (non-hydrogen) atoms. The molecule has 0 saturated carbocycles. The molecule has 0 saturated heterocycles. The Kier molecular flexibility index (Phi) is 4.59. The summed E-state index contributed by atoms with van der Waals surface area (Å²) in [5.41, 5.74) is -0.783. The topological polar surface area (TPSA) is 40.5 Å². The Hall–Kier alpha value is -0.570. The number of hydrogen-bond acceptors (Lipinski definition) is 2. The molecule has 0 aliphatic heterocycles. The minimum absolute atomic E-state index is 0.293. The predicted molar refractivity (Wildman–Crippen MR) is 58.4 cm³/mol. The molecule has 0 bridgehead atoms. The van der Waals surface area contributed by atoms with E-state index < -0.39 is 11.5 Å². The molecule has 0 heterocycles. The summed E-state index contributed by atoms with van der Waals surface area (Å²) < 4.78 is 0. The molecule has 84 valence electrons. The molecule has 0 aliphatic carbocycles. The van der Waals surface area contributed by atoms with Gasteiger partial charge in [0.2, 0.25) is 0 Å². The standard InChI is InChI=1S/C11H23NO2/c1-8(2)7-9(3)12(6)11(4,5)10(13)14/h8-9H,7H2,1-6H3,(H,13,14). The fraction of sp³-hybridized carbons (Fsp3) is 0.909. The third-order valence-corrected chi connectivity index (χ3v) is 2.88. The Morgan fingerprint density at radius 1 is 1.36 bits per heavy atom. The van der Waals surface area contributed by atoms with E-state index in [1.54, 1.807) is 13.8 Å². The Bertz CT molecular complexity index is 199. The summed E-state index contributed by atoms with van der Waals surface area (Å²) in [4.78, 5) is 12.9. The highest BCUT2D eigenvalue weighted by molar-refractivity contribution is 5.77. The van der Waals surface area contributed by atoms with Gasteiger partial charge in [-0.3, -0.25) is 9.69 Å². The molecule has 0 fully saturated rings. The Morgan fingerprint density at radius 3 is 2.07 bits per heavy atom. The summed E-state index contributed by atoms with van der Waals surface area (Å²) in [6.45, 7) is 9.86. The maximum Gasteiger partial charge on any atom is 0.323 e. The first kappa shape index (κ1) is 13.4. The molecule has 1 N–H and O–H groups in total. The zero-order chi connectivity index (χ0) is 11.5. The fourth-order valence-electron chi connectivity index (χ4n) is 1.54. The summed E-state index contributed by atoms with van der Waals surface area (Å²) in [5, 5.41) is 9.05. The van der Waals surface area contributed by atoms with Crippen LogP contribution >= 0.6 is 0 Å². The molecule has 0 radical (unpaired) electrons. The van der Waals surface area contributed by atoms with Gasteiger partial charge in [-0.15, -0.1) is 0 Å². The lowest BCUT2D eigenvalue weighted by Gasteiger charge is -2.37. The van der Waals surface area contributed by atoms with E-state index in [0.29, 0.717) is 12.0 Å². The van der Waals surface area contributed by atoms with Gasteiger partial charge < -0.3 is 5.11 Å². The van der Waals surface area contributed by atoms with Crippen molar-refractivity contribution in [3.63, 3.8) is 0 Å². The molecule has 0 aliphatic rings. The van der Waals surface area contributed by atoms with Gasteiger partial charge in [0.1, 0.15) is 5.54 Å². The molecule has 1 unspecified atom stereocenters. The maximum absolute atomic E-state index is 11.0. The summed E-state index contributed by atoms with van der Waals surface area (Å²) in [7, 11) is 1.88. The van der Waals surface area contributed by atoms with Gasteiger partial charge in [0.15, 0.2) is 0 Å². The Morgan fingerprint density at radius 2 is 1.79 bits per heavy atom. The predicted octanol–water partition coefficient (Wildman–Crippen LogP) is 2.22. The smallest absolute Gasteiger partial charge is 0.323 e. The van der Waals surface area contributed by atoms with Crippen LogP contribution in [-0.2, 0) is 4.79 Å². The first-order valence-corrected chi connectivity index (χ1v) is 5.16. The second kappa shape index (κ2) is 4.78. The monoisotopic (exact) mass is 201 g/mol. The van der Waals surface area contributed by atoms with Crippen molar-refractivity contribution in [2.24, 2.45) is 5.92 Å². The maximum atomic E-state index is 11.0. The largest absolute Gasteiger partial charge is 0.480 e. The number of nitrogens with zero attached hydrogens (tertiary/aromatic N) is 1. The Labute approximate surface area is 87.1 Å². The second-order valence-corrected chi connectivity index (χ2v) is 4.95. The third-order valence-electron chi connectivity index (χ3n) is 2.88. The van der Waals surface area contributed by atoms with Gasteiger partial charge in [0, 0.05) is 6.04 Å². The van der Waals surface area contributed by atoms with E-state index in [1.165, 1.54) is 0 Å². The lowest BCUT2D eigenvalue weighted by Crippen LogP contribution is -2.52. The van der Waals surface area contributed by atoms with Crippen molar-refractivity contribution in [1.82, 2.24) is 4.90 Å². The lowest BCUT2D eigenvalue weighted by molar-refractivity contribution is -0.149. The minimum atomic E-state index is -0.783. The van der Waals surface area contributed by atoms with Crippen LogP contribution in [0.5, 0.6) is 0 Å². The highest BCUT2D eigenvalue weighted by atomic mass is 16.4. The van der Waals surface area contributed by atoms with Crippen LogP contribution in [0.1, 0.15) is 41.0 Å². The number of likely N-dealkylation sites (N-methyl/N-ethyl adjacent to an activating group) is 1. The van der Waals surface area contributed by atoms with Crippen molar-refractivity contribution >= 4 is 5.97 Å². The van der Waals surface area contributed by atoms with E-state index in [-0.39, 0.29) is 0 Å². The van der Waals surface area contributed by atoms with E-state index in [9.17, 15) is 4.79 Å². The van der Waals surface area contributed by atoms with E-state index in [1.807, 2.05) is 11.9 Å². The normalized spacial score (nSPS) is 14.9. The van der Waals surface area contributed by atoms with Crippen LogP contribution in [0.2, 0.25) is 0 Å². The van der Waals surface area contributed by atoms with Crippen molar-refractivity contribution in [2.75, 3.05) is 7.05 Å². The van der Waals surface area contributed by atoms with Gasteiger partial charge in [0.25, 0.3) is 0 Å². The molecule has 0 aromatic rings. The van der Waals surface area contributed by atoms with Crippen LogP contribution < -0.4 is 0 Å². The second-order valence-electron chi connectivity index (χ2n) is 4.95. The summed E-state index contributed by atoms with van der Waals surface area (Å²) in [5.74, 6) is -0.173. The molecule has 0 aromatic heterocycles. The summed E-state index contributed by atoms with van der Waals surface area (Å²) in [6.07, 6.45) is 1.02. The summed E-state index contributed by atoms with van der Waals surface area (Å²) >= 11 is 0. The van der Waals surface area contributed by atoms with E-state index in [4.69, 9.17) is 5.11 Å². The first-order chi connectivity index (χ1) is 6.19. The minimum Gasteiger partial charge on any atom is -0.480 e. The zero-order valence-electron chi connectivity index (χ0n) is 10.2. The average Bonchev–Trinajstić information content (AvgIpc) is 2.01. The number of carbonyl (C=O) groups is 1. The number of rotatable bonds is 5. The highest BCUT2D eigenvalue weighted by Crippen LogP contribution is 2.19. The van der Waals surface area contributed by atoms with Gasteiger partial charge in [-0.1, -0.05) is 13.8 Å². The quantitative estimate of drug-likeness (QED) is 0.741. The van der Waals surface area contributed by atoms with Gasteiger partial charge in [-0.05, 0) is 40.2 Å². The Balaban J connectivity index is 4.44. The van der Waals surface area contributed by atoms with Crippen LogP contribution in [0.4, 0.5) is 0 Å². The van der Waals surface area contributed by atoms with Gasteiger partial charge in [-0.2, -0.15) is 0 Å². The third kappa shape index (κ3) is 3.29. The first-order valence-electron chi connectivity index (χ1n) is 5.16. The van der Waals surface area contributed by atoms with E-state index in [2.05, 4.69) is 20.8 Å². The molecule has 0 aromatic carbocycles. The summed E-state index contributed by atoms with van der Waals surface area (Å²) in [6, 6.07) is 0.293. The van der Waals surface area contributed by atoms with Crippen molar-refractivity contribution < 1.29 is 9.90 Å². The number of aliphatic carboxylic acids is 1. The molecular formula is C11H23NO2. The van der Waals surface area contributed by atoms with Crippen LogP contribution in [0.3, 0.4) is 0 Å². The van der Waals surface area contributed by atoms with Crippen molar-refractivity contribution in [2.45, 2.75) is 52.6 Å². The molecule has 3 nitrogen and oxygen atoms in total. The van der Waals surface area contributed by atoms with E-state index >= 15 is 0 Å². The SMILES string of the molecule is CC(C)CC(C)N(C)C(C)(C)C(=O)O. The lowest BCUT2D eigenvalue weighted by atomic mass is 9.97. The van der Waals surface area contributed by atoms with Crippen LogP contribution in [0.15, 0.2) is 0 Å². The molecule has 0 spiro atoms. The van der Waals surface area contributed by atoms with Gasteiger partial charge in [-0.25, -0.2) is 0 Å². The molecule has 0 amide bonds. The van der Waals surface area contributed by atoms with Crippen LogP contribution in [0.25, 0.3) is 0 Å². The number of hydrogen-bond donors (Lipinski definition) is 1. The van der Waals surface area contributed by atoms with Crippen LogP contribution in [-0.4, -0.2) is 34.6 Å². The van der Waals surface area contributed by atoms with Crippen molar-refractivity contribution in [3.8, 4) is 0 Å². The highest BCUT2D eigenvalue weighted by Gasteiger charge is 2.34. The zero-order valence-corrected chi connectivity index (χ0v) is 10.2. The van der Waals surface area contributed by atoms with E-state index in [0.717, 1.165) is 6.42 Å². The van der Waals surface area contributed by atoms with Crippen molar-refractivity contribution in [1.29, 1.82) is 0 Å². The average molecular weight is 201 g/mol. The molecular weight excluding hydrogens is 178 g/mol. The van der Waals surface area contributed by atoms with Gasteiger partial charge >= 0.3 is 5.97 Å². The number of carboxylic acids is 1. The fourth-order valence-corrected chi connectivity index (χ4v) is 1.54. The molecule has 1 atom stereocenters. The molecule has 0 rings (SSSR count).